The molecule has 0 saturated carbocycles. The Morgan fingerprint density at radius 3 is 2.29 bits per heavy atom. The van der Waals surface area contributed by atoms with Gasteiger partial charge in [-0.3, -0.25) is 0 Å². The number of hydrogen-bond acceptors (Lipinski definition) is 4. The number of aryl methyl sites for hydroxylation is 2. The molecule has 2 aromatic heterocycles. The predicted molar refractivity (Wildman–Crippen MR) is 80.5 cm³/mol. The lowest BCUT2D eigenvalue weighted by atomic mass is 10.2. The second-order valence-corrected chi connectivity index (χ2v) is 5.08. The molecule has 0 unspecified atom stereocenters. The van der Waals surface area contributed by atoms with E-state index in [1.165, 1.54) is 11.5 Å². The van der Waals surface area contributed by atoms with Crippen LogP contribution < -0.4 is 4.74 Å². The number of carbonyl (C=O) groups excluding carboxylic acids is 1. The number of ether oxygens (including phenoxy) is 2. The van der Waals surface area contributed by atoms with Crippen LogP contribution in [0.2, 0.25) is 0 Å². The summed E-state index contributed by atoms with van der Waals surface area (Å²) in [5.41, 5.74) is 0.0435. The van der Waals surface area contributed by atoms with Crippen LogP contribution in [0, 0.1) is 13.8 Å². The number of halogens is 3. The standard InChI is InChI=1S/C16H17F3N2O3/c1-5-24-14-11(16(17,18)19)8-12(13(20-14)15(22)23-4)21-9(2)6-7-10(21)3/h6-8H,5H2,1-4H3. The normalized spacial score (nSPS) is 11.5. The number of rotatable bonds is 4. The highest BCUT2D eigenvalue weighted by Gasteiger charge is 2.37. The molecule has 0 aliphatic carbocycles. The Hall–Kier alpha value is -2.51. The molecule has 8 heteroatoms. The minimum atomic E-state index is -4.67. The van der Waals surface area contributed by atoms with E-state index in [2.05, 4.69) is 9.72 Å². The van der Waals surface area contributed by atoms with Crippen molar-refractivity contribution < 1.29 is 27.4 Å². The SMILES string of the molecule is CCOc1nc(C(=O)OC)c(-n2c(C)ccc2C)cc1C(F)(F)F. The van der Waals surface area contributed by atoms with Crippen molar-refractivity contribution in [3.05, 3.63) is 40.8 Å². The number of methoxy groups -OCH3 is 1. The van der Waals surface area contributed by atoms with Gasteiger partial charge in [0.15, 0.2) is 5.69 Å². The third-order valence-electron chi connectivity index (χ3n) is 3.44. The molecule has 0 bridgehead atoms. The Balaban J connectivity index is 2.83. The van der Waals surface area contributed by atoms with E-state index in [0.29, 0.717) is 11.4 Å². The molecule has 2 rings (SSSR count). The van der Waals surface area contributed by atoms with E-state index in [0.717, 1.165) is 13.2 Å². The number of nitrogens with zero attached hydrogens (tertiary/aromatic N) is 2. The number of pyridine rings is 1. The maximum Gasteiger partial charge on any atom is 0.421 e. The second kappa shape index (κ2) is 6.54. The molecular formula is C16H17F3N2O3. The zero-order valence-corrected chi connectivity index (χ0v) is 13.7. The van der Waals surface area contributed by atoms with Crippen LogP contribution in [0.25, 0.3) is 5.69 Å². The molecule has 0 aliphatic rings. The Bertz CT molecular complexity index is 747. The first-order valence-corrected chi connectivity index (χ1v) is 7.19. The fourth-order valence-corrected chi connectivity index (χ4v) is 2.40. The first-order valence-electron chi connectivity index (χ1n) is 7.19. The Kier molecular flexibility index (Phi) is 4.86. The second-order valence-electron chi connectivity index (χ2n) is 5.08. The van der Waals surface area contributed by atoms with Gasteiger partial charge in [0.05, 0.1) is 19.4 Å². The molecule has 5 nitrogen and oxygen atoms in total. The van der Waals surface area contributed by atoms with E-state index in [4.69, 9.17) is 4.74 Å². The molecule has 0 saturated heterocycles. The fraction of sp³-hybridized carbons (Fsp3) is 0.375. The molecular weight excluding hydrogens is 325 g/mol. The molecule has 0 N–H and O–H groups in total. The Morgan fingerprint density at radius 1 is 1.25 bits per heavy atom. The molecule has 0 aliphatic heterocycles. The van der Waals surface area contributed by atoms with Crippen molar-refractivity contribution in [2.24, 2.45) is 0 Å². The number of carbonyl (C=O) groups is 1. The zero-order valence-electron chi connectivity index (χ0n) is 13.7. The van der Waals surface area contributed by atoms with Crippen LogP contribution in [0.5, 0.6) is 5.88 Å². The quantitative estimate of drug-likeness (QED) is 0.795. The summed E-state index contributed by atoms with van der Waals surface area (Å²) in [7, 11) is 1.14. The summed E-state index contributed by atoms with van der Waals surface area (Å²) in [6, 6.07) is 4.34. The maximum absolute atomic E-state index is 13.4. The van der Waals surface area contributed by atoms with Crippen LogP contribution in [0.15, 0.2) is 18.2 Å². The molecule has 0 amide bonds. The van der Waals surface area contributed by atoms with Gasteiger partial charge in [0.25, 0.3) is 0 Å². The summed E-state index contributed by atoms with van der Waals surface area (Å²) < 4.78 is 51.3. The molecule has 2 aromatic rings. The monoisotopic (exact) mass is 342 g/mol. The molecule has 0 atom stereocenters. The summed E-state index contributed by atoms with van der Waals surface area (Å²) in [6.07, 6.45) is -4.67. The molecule has 0 spiro atoms. The van der Waals surface area contributed by atoms with Crippen molar-refractivity contribution >= 4 is 5.97 Å². The summed E-state index contributed by atoms with van der Waals surface area (Å²) in [5.74, 6) is -1.48. The van der Waals surface area contributed by atoms with Crippen molar-refractivity contribution in [3.63, 3.8) is 0 Å². The lowest BCUT2D eigenvalue weighted by Crippen LogP contribution is -2.18. The highest BCUT2D eigenvalue weighted by atomic mass is 19.4. The van der Waals surface area contributed by atoms with Crippen molar-refractivity contribution in [2.45, 2.75) is 26.9 Å². The van der Waals surface area contributed by atoms with Crippen LogP contribution in [0.3, 0.4) is 0 Å². The fourth-order valence-electron chi connectivity index (χ4n) is 2.40. The van der Waals surface area contributed by atoms with E-state index < -0.39 is 23.6 Å². The van der Waals surface area contributed by atoms with Crippen molar-refractivity contribution in [3.8, 4) is 11.6 Å². The number of aromatic nitrogens is 2. The molecule has 0 aromatic carbocycles. The van der Waals surface area contributed by atoms with E-state index >= 15 is 0 Å². The Morgan fingerprint density at radius 2 is 1.83 bits per heavy atom. The van der Waals surface area contributed by atoms with Gasteiger partial charge in [-0.05, 0) is 39.0 Å². The van der Waals surface area contributed by atoms with Gasteiger partial charge < -0.3 is 14.0 Å². The predicted octanol–water partition coefficient (Wildman–Crippen LogP) is 3.69. The van der Waals surface area contributed by atoms with E-state index in [1.54, 1.807) is 26.0 Å². The average molecular weight is 342 g/mol. The first kappa shape index (κ1) is 17.8. The van der Waals surface area contributed by atoms with Gasteiger partial charge in [-0.15, -0.1) is 0 Å². The smallest absolute Gasteiger partial charge is 0.421 e. The number of hydrogen-bond donors (Lipinski definition) is 0. The minimum absolute atomic E-state index is 0.00220. The van der Waals surface area contributed by atoms with E-state index in [1.807, 2.05) is 0 Å². The van der Waals surface area contributed by atoms with E-state index in [9.17, 15) is 18.0 Å². The molecule has 2 heterocycles. The van der Waals surface area contributed by atoms with Gasteiger partial charge in [-0.2, -0.15) is 13.2 Å². The van der Waals surface area contributed by atoms with Gasteiger partial charge in [0.1, 0.15) is 5.56 Å². The van der Waals surface area contributed by atoms with Gasteiger partial charge in [0, 0.05) is 11.4 Å². The summed E-state index contributed by atoms with van der Waals surface area (Å²) in [6.45, 7) is 4.96. The summed E-state index contributed by atoms with van der Waals surface area (Å²) in [5, 5.41) is 0. The van der Waals surface area contributed by atoms with Crippen LogP contribution in [-0.4, -0.2) is 29.2 Å². The van der Waals surface area contributed by atoms with Crippen LogP contribution in [0.4, 0.5) is 13.2 Å². The third-order valence-corrected chi connectivity index (χ3v) is 3.44. The molecule has 24 heavy (non-hydrogen) atoms. The van der Waals surface area contributed by atoms with Gasteiger partial charge in [-0.1, -0.05) is 0 Å². The topological polar surface area (TPSA) is 53.4 Å². The van der Waals surface area contributed by atoms with Gasteiger partial charge in [0.2, 0.25) is 5.88 Å². The lowest BCUT2D eigenvalue weighted by molar-refractivity contribution is -0.139. The first-order chi connectivity index (χ1) is 11.2. The Labute approximate surface area is 137 Å². The number of esters is 1. The van der Waals surface area contributed by atoms with Crippen molar-refractivity contribution in [2.75, 3.05) is 13.7 Å². The maximum atomic E-state index is 13.4. The largest absolute Gasteiger partial charge is 0.478 e. The van der Waals surface area contributed by atoms with Crippen molar-refractivity contribution in [1.29, 1.82) is 0 Å². The molecule has 0 radical (unpaired) electrons. The zero-order chi connectivity index (χ0) is 18.1. The highest BCUT2D eigenvalue weighted by Crippen LogP contribution is 2.38. The average Bonchev–Trinajstić information content (AvgIpc) is 2.84. The van der Waals surface area contributed by atoms with Crippen molar-refractivity contribution in [1.82, 2.24) is 9.55 Å². The number of alkyl halides is 3. The van der Waals surface area contributed by atoms with Gasteiger partial charge in [-0.25, -0.2) is 9.78 Å². The lowest BCUT2D eigenvalue weighted by Gasteiger charge is -2.18. The minimum Gasteiger partial charge on any atom is -0.478 e. The van der Waals surface area contributed by atoms with Crippen LogP contribution >= 0.6 is 0 Å². The summed E-state index contributed by atoms with van der Waals surface area (Å²) in [4.78, 5) is 15.8. The summed E-state index contributed by atoms with van der Waals surface area (Å²) >= 11 is 0. The van der Waals surface area contributed by atoms with Crippen LogP contribution in [0.1, 0.15) is 34.4 Å². The third kappa shape index (κ3) is 3.22. The van der Waals surface area contributed by atoms with Gasteiger partial charge >= 0.3 is 12.1 Å². The molecule has 130 valence electrons. The highest BCUT2D eigenvalue weighted by molar-refractivity contribution is 5.91. The van der Waals surface area contributed by atoms with E-state index in [-0.39, 0.29) is 18.0 Å². The van der Waals surface area contributed by atoms with Crippen LogP contribution in [-0.2, 0) is 10.9 Å². The molecule has 0 fully saturated rings.